The van der Waals surface area contributed by atoms with Crippen LogP contribution in [-0.2, 0) is 6.42 Å². The number of oxazole rings is 1. The standard InChI is InChI=1S/C16H23N3O/c1-12-18-14-5-4-13(10-15(14)20-12)11-16(2,3)19-8-6-17-7-9-19/h4-5,10,17H,6-9,11H2,1-3H3. The second kappa shape index (κ2) is 5.19. The van der Waals surface area contributed by atoms with Gasteiger partial charge >= 0.3 is 0 Å². The predicted molar refractivity (Wildman–Crippen MR) is 81.0 cm³/mol. The summed E-state index contributed by atoms with van der Waals surface area (Å²) in [4.78, 5) is 6.92. The minimum absolute atomic E-state index is 0.171. The fraction of sp³-hybridized carbons (Fsp3) is 0.562. The number of nitrogens with one attached hydrogen (secondary N) is 1. The third kappa shape index (κ3) is 2.72. The number of piperazine rings is 1. The summed E-state index contributed by atoms with van der Waals surface area (Å²) in [6, 6.07) is 6.38. The largest absolute Gasteiger partial charge is 0.441 e. The van der Waals surface area contributed by atoms with Crippen LogP contribution in [0.2, 0.25) is 0 Å². The first-order chi connectivity index (χ1) is 9.54. The Labute approximate surface area is 120 Å². The molecular weight excluding hydrogens is 250 g/mol. The van der Waals surface area contributed by atoms with Crippen molar-refractivity contribution in [2.24, 2.45) is 0 Å². The highest BCUT2D eigenvalue weighted by molar-refractivity contribution is 5.73. The van der Waals surface area contributed by atoms with Gasteiger partial charge in [0.15, 0.2) is 11.5 Å². The van der Waals surface area contributed by atoms with Gasteiger partial charge in [0.1, 0.15) is 5.52 Å². The van der Waals surface area contributed by atoms with Crippen molar-refractivity contribution in [2.45, 2.75) is 32.7 Å². The van der Waals surface area contributed by atoms with Crippen LogP contribution in [0.4, 0.5) is 0 Å². The highest BCUT2D eigenvalue weighted by Gasteiger charge is 2.28. The number of benzene rings is 1. The molecule has 1 saturated heterocycles. The van der Waals surface area contributed by atoms with E-state index in [0.717, 1.165) is 49.6 Å². The molecule has 2 heterocycles. The average molecular weight is 273 g/mol. The lowest BCUT2D eigenvalue weighted by molar-refractivity contribution is 0.104. The Morgan fingerprint density at radius 1 is 1.30 bits per heavy atom. The molecule has 0 aliphatic carbocycles. The van der Waals surface area contributed by atoms with E-state index in [1.807, 2.05) is 6.92 Å². The van der Waals surface area contributed by atoms with Crippen LogP contribution < -0.4 is 5.32 Å². The van der Waals surface area contributed by atoms with Gasteiger partial charge in [-0.15, -0.1) is 0 Å². The van der Waals surface area contributed by atoms with E-state index in [2.05, 4.69) is 47.2 Å². The maximum Gasteiger partial charge on any atom is 0.192 e. The van der Waals surface area contributed by atoms with Crippen molar-refractivity contribution in [1.82, 2.24) is 15.2 Å². The van der Waals surface area contributed by atoms with Gasteiger partial charge < -0.3 is 9.73 Å². The van der Waals surface area contributed by atoms with Crippen molar-refractivity contribution >= 4 is 11.1 Å². The first-order valence-electron chi connectivity index (χ1n) is 7.36. The predicted octanol–water partition coefficient (Wildman–Crippen LogP) is 2.36. The molecule has 3 rings (SSSR count). The van der Waals surface area contributed by atoms with E-state index in [1.54, 1.807) is 0 Å². The summed E-state index contributed by atoms with van der Waals surface area (Å²) in [6.45, 7) is 11.0. The van der Waals surface area contributed by atoms with Gasteiger partial charge in [0.05, 0.1) is 0 Å². The highest BCUT2D eigenvalue weighted by atomic mass is 16.3. The molecule has 4 nitrogen and oxygen atoms in total. The third-order valence-corrected chi connectivity index (χ3v) is 4.17. The Kier molecular flexibility index (Phi) is 3.52. The molecule has 2 aromatic rings. The molecule has 1 aromatic heterocycles. The molecule has 0 amide bonds. The summed E-state index contributed by atoms with van der Waals surface area (Å²) in [5, 5.41) is 3.41. The molecule has 1 aliphatic rings. The van der Waals surface area contributed by atoms with Gasteiger partial charge in [-0.05, 0) is 38.0 Å². The van der Waals surface area contributed by atoms with Crippen LogP contribution in [0.25, 0.3) is 11.1 Å². The van der Waals surface area contributed by atoms with Gasteiger partial charge in [-0.1, -0.05) is 6.07 Å². The molecule has 1 aliphatic heterocycles. The van der Waals surface area contributed by atoms with Crippen LogP contribution in [0.15, 0.2) is 22.6 Å². The number of aromatic nitrogens is 1. The van der Waals surface area contributed by atoms with Gasteiger partial charge in [-0.3, -0.25) is 4.90 Å². The average Bonchev–Trinajstić information content (AvgIpc) is 2.79. The Hall–Kier alpha value is -1.39. The molecule has 4 heteroatoms. The van der Waals surface area contributed by atoms with E-state index in [1.165, 1.54) is 5.56 Å². The van der Waals surface area contributed by atoms with E-state index >= 15 is 0 Å². The first-order valence-corrected chi connectivity index (χ1v) is 7.36. The van der Waals surface area contributed by atoms with E-state index < -0.39 is 0 Å². The second-order valence-electron chi connectivity index (χ2n) is 6.26. The summed E-state index contributed by atoms with van der Waals surface area (Å²) in [7, 11) is 0. The molecule has 1 fully saturated rings. The van der Waals surface area contributed by atoms with Gasteiger partial charge in [0, 0.05) is 38.6 Å². The number of fused-ring (bicyclic) bond motifs is 1. The van der Waals surface area contributed by atoms with Crippen molar-refractivity contribution in [2.75, 3.05) is 26.2 Å². The van der Waals surface area contributed by atoms with Crippen LogP contribution in [0.3, 0.4) is 0 Å². The Bertz CT molecular complexity index is 597. The quantitative estimate of drug-likeness (QED) is 0.932. The fourth-order valence-corrected chi connectivity index (χ4v) is 3.08. The van der Waals surface area contributed by atoms with Crippen LogP contribution in [0.5, 0.6) is 0 Å². The maximum absolute atomic E-state index is 5.63. The normalized spacial score (nSPS) is 17.8. The molecule has 1 aromatic carbocycles. The van der Waals surface area contributed by atoms with Crippen LogP contribution >= 0.6 is 0 Å². The molecule has 1 N–H and O–H groups in total. The zero-order valence-corrected chi connectivity index (χ0v) is 12.6. The molecule has 20 heavy (non-hydrogen) atoms. The van der Waals surface area contributed by atoms with Gasteiger partial charge in [-0.2, -0.15) is 0 Å². The summed E-state index contributed by atoms with van der Waals surface area (Å²) in [5.41, 5.74) is 3.34. The minimum Gasteiger partial charge on any atom is -0.441 e. The third-order valence-electron chi connectivity index (χ3n) is 4.17. The van der Waals surface area contributed by atoms with Crippen LogP contribution in [-0.4, -0.2) is 41.6 Å². The van der Waals surface area contributed by atoms with Crippen molar-refractivity contribution in [3.05, 3.63) is 29.7 Å². The SMILES string of the molecule is Cc1nc2ccc(CC(C)(C)N3CCNCC3)cc2o1. The summed E-state index contributed by atoms with van der Waals surface area (Å²) >= 11 is 0. The number of rotatable bonds is 3. The van der Waals surface area contributed by atoms with E-state index in [4.69, 9.17) is 4.42 Å². The highest BCUT2D eigenvalue weighted by Crippen LogP contribution is 2.24. The smallest absolute Gasteiger partial charge is 0.192 e. The molecular formula is C16H23N3O. The van der Waals surface area contributed by atoms with Gasteiger partial charge in [-0.25, -0.2) is 4.98 Å². The maximum atomic E-state index is 5.63. The second-order valence-corrected chi connectivity index (χ2v) is 6.26. The fourth-order valence-electron chi connectivity index (χ4n) is 3.08. The van der Waals surface area contributed by atoms with Gasteiger partial charge in [0.2, 0.25) is 0 Å². The summed E-state index contributed by atoms with van der Waals surface area (Å²) in [5.74, 6) is 0.735. The molecule has 0 atom stereocenters. The zero-order valence-electron chi connectivity index (χ0n) is 12.6. The van der Waals surface area contributed by atoms with Crippen LogP contribution in [0, 0.1) is 6.92 Å². The van der Waals surface area contributed by atoms with Crippen molar-refractivity contribution in [3.63, 3.8) is 0 Å². The number of nitrogens with zero attached hydrogens (tertiary/aromatic N) is 2. The Balaban J connectivity index is 1.80. The lowest BCUT2D eigenvalue weighted by atomic mass is 9.92. The van der Waals surface area contributed by atoms with E-state index in [0.29, 0.717) is 0 Å². The molecule has 0 unspecified atom stereocenters. The molecule has 0 bridgehead atoms. The van der Waals surface area contributed by atoms with E-state index in [9.17, 15) is 0 Å². The van der Waals surface area contributed by atoms with Crippen molar-refractivity contribution in [3.8, 4) is 0 Å². The molecule has 108 valence electrons. The van der Waals surface area contributed by atoms with E-state index in [-0.39, 0.29) is 5.54 Å². The molecule has 0 saturated carbocycles. The van der Waals surface area contributed by atoms with Gasteiger partial charge in [0.25, 0.3) is 0 Å². The Morgan fingerprint density at radius 2 is 2.05 bits per heavy atom. The minimum atomic E-state index is 0.171. The number of hydrogen-bond donors (Lipinski definition) is 1. The molecule has 0 spiro atoms. The van der Waals surface area contributed by atoms with Crippen molar-refractivity contribution in [1.29, 1.82) is 0 Å². The first kappa shape index (κ1) is 13.6. The summed E-state index contributed by atoms with van der Waals surface area (Å²) in [6.07, 6.45) is 1.03. The number of aryl methyl sites for hydroxylation is 1. The monoisotopic (exact) mass is 273 g/mol. The number of hydrogen-bond acceptors (Lipinski definition) is 4. The van der Waals surface area contributed by atoms with Crippen LogP contribution in [0.1, 0.15) is 25.3 Å². The Morgan fingerprint density at radius 3 is 2.80 bits per heavy atom. The zero-order chi connectivity index (χ0) is 14.2. The summed E-state index contributed by atoms with van der Waals surface area (Å²) < 4.78 is 5.63. The lowest BCUT2D eigenvalue weighted by Gasteiger charge is -2.41. The molecule has 0 radical (unpaired) electrons. The topological polar surface area (TPSA) is 41.3 Å². The van der Waals surface area contributed by atoms with Crippen molar-refractivity contribution < 1.29 is 4.42 Å². The lowest BCUT2D eigenvalue weighted by Crippen LogP contribution is -2.54.